The van der Waals surface area contributed by atoms with E-state index in [1.165, 1.54) is 11.3 Å². The van der Waals surface area contributed by atoms with Gasteiger partial charge >= 0.3 is 5.97 Å². The first-order chi connectivity index (χ1) is 11.0. The van der Waals surface area contributed by atoms with Gasteiger partial charge in [-0.1, -0.05) is 41.6 Å². The number of carboxylic acid groups (broad SMARTS) is 1. The molecule has 2 aromatic heterocycles. The van der Waals surface area contributed by atoms with Crippen molar-refractivity contribution in [1.82, 2.24) is 9.97 Å². The number of hydrogen-bond acceptors (Lipinski definition) is 5. The summed E-state index contributed by atoms with van der Waals surface area (Å²) in [6.07, 6.45) is 0. The lowest BCUT2D eigenvalue weighted by Gasteiger charge is -2.05. The number of fused-ring (bicyclic) bond motifs is 1. The van der Waals surface area contributed by atoms with Crippen molar-refractivity contribution in [2.45, 2.75) is 24.3 Å². The van der Waals surface area contributed by atoms with Gasteiger partial charge in [-0.2, -0.15) is 0 Å². The fourth-order valence-electron chi connectivity index (χ4n) is 2.15. The van der Waals surface area contributed by atoms with E-state index in [9.17, 15) is 9.59 Å². The minimum atomic E-state index is -0.940. The molecule has 0 aliphatic rings. The largest absolute Gasteiger partial charge is 0.480 e. The first-order valence-electron chi connectivity index (χ1n) is 6.93. The minimum absolute atomic E-state index is 0.244. The van der Waals surface area contributed by atoms with Crippen LogP contribution in [-0.2, 0) is 4.79 Å². The number of nitrogens with one attached hydrogen (secondary N) is 1. The Kier molecular flexibility index (Phi) is 4.23. The number of thioether (sulfide) groups is 1. The molecule has 0 bridgehead atoms. The molecular formula is C16H14N2O3S2. The first kappa shape index (κ1) is 15.8. The third-order valence-electron chi connectivity index (χ3n) is 3.42. The van der Waals surface area contributed by atoms with Crippen LogP contribution in [0.5, 0.6) is 0 Å². The molecule has 2 heterocycles. The molecule has 3 rings (SSSR count). The van der Waals surface area contributed by atoms with Crippen LogP contribution in [-0.4, -0.2) is 26.3 Å². The standard InChI is InChI=1S/C16H14N2O3S2/c1-8-3-5-10(6-4-8)11-7-22-14-12(11)13(19)17-16(18-14)23-9(2)15(20)21/h3-7,9H,1-2H3,(H,20,21)(H,17,18,19). The molecule has 0 aliphatic heterocycles. The topological polar surface area (TPSA) is 83.0 Å². The van der Waals surface area contributed by atoms with Gasteiger partial charge in [-0.3, -0.25) is 9.59 Å². The van der Waals surface area contributed by atoms with Crippen LogP contribution >= 0.6 is 23.1 Å². The van der Waals surface area contributed by atoms with Crippen molar-refractivity contribution in [1.29, 1.82) is 0 Å². The molecule has 0 spiro atoms. The average molecular weight is 346 g/mol. The second kappa shape index (κ2) is 6.17. The van der Waals surface area contributed by atoms with E-state index in [0.717, 1.165) is 28.5 Å². The molecule has 118 valence electrons. The fraction of sp³-hybridized carbons (Fsp3) is 0.188. The summed E-state index contributed by atoms with van der Waals surface area (Å²) in [4.78, 5) is 31.0. The zero-order chi connectivity index (χ0) is 16.6. The highest BCUT2D eigenvalue weighted by molar-refractivity contribution is 8.00. The van der Waals surface area contributed by atoms with E-state index in [-0.39, 0.29) is 5.56 Å². The van der Waals surface area contributed by atoms with E-state index in [4.69, 9.17) is 5.11 Å². The molecule has 3 aromatic rings. The molecule has 0 aliphatic carbocycles. The molecular weight excluding hydrogens is 332 g/mol. The van der Waals surface area contributed by atoms with E-state index in [1.54, 1.807) is 6.92 Å². The maximum absolute atomic E-state index is 12.4. The number of aromatic amines is 1. The first-order valence-corrected chi connectivity index (χ1v) is 8.69. The van der Waals surface area contributed by atoms with Gasteiger partial charge in [0.2, 0.25) is 0 Å². The summed E-state index contributed by atoms with van der Waals surface area (Å²) < 4.78 is 0. The second-order valence-electron chi connectivity index (χ2n) is 5.16. The molecule has 1 aromatic carbocycles. The summed E-state index contributed by atoms with van der Waals surface area (Å²) in [7, 11) is 0. The third kappa shape index (κ3) is 3.16. The van der Waals surface area contributed by atoms with Crippen molar-refractivity contribution in [3.63, 3.8) is 0 Å². The lowest BCUT2D eigenvalue weighted by Crippen LogP contribution is -2.14. The van der Waals surface area contributed by atoms with Crippen molar-refractivity contribution < 1.29 is 9.90 Å². The van der Waals surface area contributed by atoms with Gasteiger partial charge in [-0.15, -0.1) is 11.3 Å². The van der Waals surface area contributed by atoms with Gasteiger partial charge in [0.1, 0.15) is 10.1 Å². The maximum Gasteiger partial charge on any atom is 0.316 e. The van der Waals surface area contributed by atoms with Crippen molar-refractivity contribution in [3.8, 4) is 11.1 Å². The Balaban J connectivity index is 2.06. The number of nitrogens with zero attached hydrogens (tertiary/aromatic N) is 1. The number of aromatic nitrogens is 2. The van der Waals surface area contributed by atoms with Crippen molar-refractivity contribution in [2.24, 2.45) is 0 Å². The van der Waals surface area contributed by atoms with E-state index in [2.05, 4.69) is 9.97 Å². The predicted octanol–water partition coefficient (Wildman–Crippen LogP) is 3.53. The molecule has 0 saturated carbocycles. The van der Waals surface area contributed by atoms with Crippen LogP contribution in [0, 0.1) is 6.92 Å². The Labute approximate surface area is 140 Å². The summed E-state index contributed by atoms with van der Waals surface area (Å²) >= 11 is 2.41. The Morgan fingerprint density at radius 2 is 2.04 bits per heavy atom. The van der Waals surface area contributed by atoms with Crippen molar-refractivity contribution >= 4 is 39.3 Å². The number of aliphatic carboxylic acids is 1. The van der Waals surface area contributed by atoms with Crippen LogP contribution in [0.2, 0.25) is 0 Å². The number of aryl methyl sites for hydroxylation is 1. The number of rotatable bonds is 4. The van der Waals surface area contributed by atoms with Gasteiger partial charge < -0.3 is 10.1 Å². The van der Waals surface area contributed by atoms with Crippen LogP contribution in [0.15, 0.2) is 39.6 Å². The van der Waals surface area contributed by atoms with Gasteiger partial charge in [0.25, 0.3) is 5.56 Å². The normalized spacial score (nSPS) is 12.4. The molecule has 1 atom stereocenters. The second-order valence-corrected chi connectivity index (χ2v) is 7.35. The zero-order valence-corrected chi connectivity index (χ0v) is 14.1. The van der Waals surface area contributed by atoms with Crippen LogP contribution < -0.4 is 5.56 Å². The van der Waals surface area contributed by atoms with Gasteiger partial charge in [-0.25, -0.2) is 4.98 Å². The van der Waals surface area contributed by atoms with Gasteiger partial charge in [0, 0.05) is 10.9 Å². The monoisotopic (exact) mass is 346 g/mol. The molecule has 0 fully saturated rings. The van der Waals surface area contributed by atoms with Crippen LogP contribution in [0.1, 0.15) is 12.5 Å². The van der Waals surface area contributed by atoms with Crippen molar-refractivity contribution in [3.05, 3.63) is 45.6 Å². The molecule has 0 radical (unpaired) electrons. The maximum atomic E-state index is 12.4. The van der Waals surface area contributed by atoms with E-state index in [1.807, 2.05) is 36.6 Å². The summed E-state index contributed by atoms with van der Waals surface area (Å²) in [5.74, 6) is -0.940. The van der Waals surface area contributed by atoms with E-state index < -0.39 is 11.2 Å². The summed E-state index contributed by atoms with van der Waals surface area (Å²) in [6.45, 7) is 3.57. The number of hydrogen-bond donors (Lipinski definition) is 2. The molecule has 7 heteroatoms. The lowest BCUT2D eigenvalue weighted by molar-refractivity contribution is -0.136. The van der Waals surface area contributed by atoms with Gasteiger partial charge in [0.15, 0.2) is 5.16 Å². The molecule has 2 N–H and O–H groups in total. The number of thiophene rings is 1. The Bertz CT molecular complexity index is 929. The van der Waals surface area contributed by atoms with E-state index >= 15 is 0 Å². The Hall–Kier alpha value is -2.12. The highest BCUT2D eigenvalue weighted by Crippen LogP contribution is 2.32. The summed E-state index contributed by atoms with van der Waals surface area (Å²) in [5.41, 5.74) is 2.73. The van der Waals surface area contributed by atoms with Gasteiger partial charge in [-0.05, 0) is 19.4 Å². The molecule has 0 saturated heterocycles. The molecule has 23 heavy (non-hydrogen) atoms. The Morgan fingerprint density at radius 3 is 2.70 bits per heavy atom. The fourth-order valence-corrected chi connectivity index (χ4v) is 3.89. The highest BCUT2D eigenvalue weighted by Gasteiger charge is 2.17. The number of H-pyrrole nitrogens is 1. The number of carboxylic acids is 1. The van der Waals surface area contributed by atoms with Gasteiger partial charge in [0.05, 0.1) is 5.39 Å². The Morgan fingerprint density at radius 1 is 1.35 bits per heavy atom. The van der Waals surface area contributed by atoms with Crippen LogP contribution in [0.3, 0.4) is 0 Å². The van der Waals surface area contributed by atoms with Crippen LogP contribution in [0.4, 0.5) is 0 Å². The zero-order valence-electron chi connectivity index (χ0n) is 12.5. The highest BCUT2D eigenvalue weighted by atomic mass is 32.2. The average Bonchev–Trinajstić information content (AvgIpc) is 2.92. The number of carbonyl (C=O) groups is 1. The molecule has 0 amide bonds. The minimum Gasteiger partial charge on any atom is -0.480 e. The summed E-state index contributed by atoms with van der Waals surface area (Å²) in [6, 6.07) is 7.95. The molecule has 5 nitrogen and oxygen atoms in total. The SMILES string of the molecule is Cc1ccc(-c2csc3nc(SC(C)C(=O)O)[nH]c(=O)c23)cc1. The summed E-state index contributed by atoms with van der Waals surface area (Å²) in [5, 5.41) is 11.1. The van der Waals surface area contributed by atoms with Crippen molar-refractivity contribution in [2.75, 3.05) is 0 Å². The lowest BCUT2D eigenvalue weighted by atomic mass is 10.1. The third-order valence-corrected chi connectivity index (χ3v) is 5.26. The van der Waals surface area contributed by atoms with Crippen LogP contribution in [0.25, 0.3) is 21.3 Å². The van der Waals surface area contributed by atoms with E-state index in [0.29, 0.717) is 15.4 Å². The predicted molar refractivity (Wildman–Crippen MR) is 93.4 cm³/mol. The number of benzene rings is 1. The quantitative estimate of drug-likeness (QED) is 0.558. The smallest absolute Gasteiger partial charge is 0.316 e. The molecule has 1 unspecified atom stereocenters.